The molecule has 0 saturated heterocycles. The number of nitrogens with one attached hydrogen (secondary N) is 1. The summed E-state index contributed by atoms with van der Waals surface area (Å²) in [4.78, 5) is 31.7. The molecule has 0 atom stereocenters. The lowest BCUT2D eigenvalue weighted by atomic mass is 10.1. The highest BCUT2D eigenvalue weighted by Gasteiger charge is 2.19. The fraction of sp³-hybridized carbons (Fsp3) is 0.227. The van der Waals surface area contributed by atoms with E-state index in [2.05, 4.69) is 16.0 Å². The largest absolute Gasteiger partial charge is 0.493 e. The summed E-state index contributed by atoms with van der Waals surface area (Å²) in [6.07, 6.45) is 3.26. The lowest BCUT2D eigenvalue weighted by molar-refractivity contribution is 0.429. The van der Waals surface area contributed by atoms with Gasteiger partial charge in [-0.3, -0.25) is 14.8 Å². The van der Waals surface area contributed by atoms with E-state index in [1.165, 1.54) is 11.1 Å². The molecule has 3 aromatic rings. The summed E-state index contributed by atoms with van der Waals surface area (Å²) < 4.78 is 1.10. The minimum atomic E-state index is -0.689. The van der Waals surface area contributed by atoms with Crippen molar-refractivity contribution in [2.45, 2.75) is 33.1 Å². The van der Waals surface area contributed by atoms with Crippen molar-refractivity contribution in [2.24, 2.45) is 4.99 Å². The molecule has 6 nitrogen and oxygen atoms in total. The molecule has 0 amide bonds. The van der Waals surface area contributed by atoms with Crippen molar-refractivity contribution < 1.29 is 5.11 Å². The van der Waals surface area contributed by atoms with Gasteiger partial charge in [0.2, 0.25) is 5.88 Å². The van der Waals surface area contributed by atoms with Crippen LogP contribution in [-0.2, 0) is 12.8 Å². The van der Waals surface area contributed by atoms with E-state index in [0.717, 1.165) is 35.1 Å². The summed E-state index contributed by atoms with van der Waals surface area (Å²) in [5.41, 5.74) is 3.63. The summed E-state index contributed by atoms with van der Waals surface area (Å²) in [6.45, 7) is 3.49. The lowest BCUT2D eigenvalue weighted by Gasteiger charge is -2.13. The summed E-state index contributed by atoms with van der Waals surface area (Å²) in [5, 5.41) is 10.8. The van der Waals surface area contributed by atoms with Crippen molar-refractivity contribution >= 4 is 11.4 Å². The molecule has 0 saturated carbocycles. The number of nitrogens with zero attached hydrogens (tertiary/aromatic N) is 2. The SMILES string of the molecule is CC(=Nc1ccc2c(c1)CCC2)c1c(O)n(-c2ccccc2C)c(=O)[nH]c1=O. The van der Waals surface area contributed by atoms with Gasteiger partial charge in [-0.1, -0.05) is 24.3 Å². The Morgan fingerprint density at radius 2 is 1.86 bits per heavy atom. The molecule has 2 aromatic carbocycles. The molecule has 1 aromatic heterocycles. The highest BCUT2D eigenvalue weighted by atomic mass is 16.3. The van der Waals surface area contributed by atoms with Gasteiger partial charge in [-0.25, -0.2) is 9.36 Å². The molecule has 0 fully saturated rings. The lowest BCUT2D eigenvalue weighted by Crippen LogP contribution is -2.33. The van der Waals surface area contributed by atoms with E-state index in [-0.39, 0.29) is 5.56 Å². The molecule has 1 aliphatic carbocycles. The Balaban J connectivity index is 1.86. The van der Waals surface area contributed by atoms with Crippen molar-refractivity contribution in [2.75, 3.05) is 0 Å². The fourth-order valence-corrected chi connectivity index (χ4v) is 3.77. The molecular formula is C22H21N3O3. The Bertz CT molecular complexity index is 1220. The molecule has 0 unspecified atom stereocenters. The summed E-state index contributed by atoms with van der Waals surface area (Å²) in [7, 11) is 0. The third-order valence-electron chi connectivity index (χ3n) is 5.18. The zero-order chi connectivity index (χ0) is 19.8. The molecule has 1 aliphatic rings. The van der Waals surface area contributed by atoms with Crippen LogP contribution in [0.5, 0.6) is 5.88 Å². The fourth-order valence-electron chi connectivity index (χ4n) is 3.77. The molecule has 6 heteroatoms. The number of aryl methyl sites for hydroxylation is 3. The average molecular weight is 375 g/mol. The predicted molar refractivity (Wildman–Crippen MR) is 109 cm³/mol. The van der Waals surface area contributed by atoms with Crippen LogP contribution in [0.15, 0.2) is 57.0 Å². The summed E-state index contributed by atoms with van der Waals surface area (Å²) in [5.74, 6) is -0.412. The quantitative estimate of drug-likeness (QED) is 0.689. The van der Waals surface area contributed by atoms with Crippen LogP contribution in [0.4, 0.5) is 5.69 Å². The first-order chi connectivity index (χ1) is 13.5. The topological polar surface area (TPSA) is 87.4 Å². The Kier molecular flexibility index (Phi) is 4.47. The molecule has 0 spiro atoms. The van der Waals surface area contributed by atoms with Gasteiger partial charge in [-0.15, -0.1) is 0 Å². The molecular weight excluding hydrogens is 354 g/mol. The molecule has 0 aliphatic heterocycles. The van der Waals surface area contributed by atoms with Crippen molar-refractivity contribution in [3.8, 4) is 11.6 Å². The average Bonchev–Trinajstić information content (AvgIpc) is 3.10. The zero-order valence-corrected chi connectivity index (χ0v) is 15.8. The van der Waals surface area contributed by atoms with Crippen LogP contribution in [0.25, 0.3) is 5.69 Å². The van der Waals surface area contributed by atoms with E-state index < -0.39 is 17.1 Å². The van der Waals surface area contributed by atoms with Gasteiger partial charge in [-0.2, -0.15) is 0 Å². The van der Waals surface area contributed by atoms with E-state index in [1.807, 2.05) is 31.2 Å². The van der Waals surface area contributed by atoms with Gasteiger partial charge in [0.1, 0.15) is 5.56 Å². The maximum Gasteiger partial charge on any atom is 0.335 e. The standard InChI is InChI=1S/C22H21N3O3/c1-13-6-3-4-9-18(13)25-21(27)19(20(26)24-22(25)28)14(2)23-17-11-10-15-7-5-8-16(15)12-17/h3-4,6,9-12,27H,5,7-8H2,1-2H3,(H,24,26,28). The van der Waals surface area contributed by atoms with Crippen molar-refractivity contribution in [3.63, 3.8) is 0 Å². The van der Waals surface area contributed by atoms with Crippen LogP contribution in [0.2, 0.25) is 0 Å². The van der Waals surface area contributed by atoms with Gasteiger partial charge >= 0.3 is 5.69 Å². The van der Waals surface area contributed by atoms with Gasteiger partial charge < -0.3 is 5.11 Å². The number of para-hydroxylation sites is 1. The van der Waals surface area contributed by atoms with Crippen LogP contribution in [-0.4, -0.2) is 20.4 Å². The Labute approximate surface area is 161 Å². The first kappa shape index (κ1) is 18.0. The number of hydrogen-bond acceptors (Lipinski definition) is 4. The number of rotatable bonds is 3. The molecule has 2 N–H and O–H groups in total. The van der Waals surface area contributed by atoms with E-state index in [9.17, 15) is 14.7 Å². The van der Waals surface area contributed by atoms with Gasteiger partial charge in [0, 0.05) is 0 Å². The minimum Gasteiger partial charge on any atom is -0.493 e. The second-order valence-electron chi connectivity index (χ2n) is 7.08. The third-order valence-corrected chi connectivity index (χ3v) is 5.18. The molecule has 4 rings (SSSR count). The molecule has 0 radical (unpaired) electrons. The normalized spacial score (nSPS) is 13.6. The third kappa shape index (κ3) is 3.07. The van der Waals surface area contributed by atoms with E-state index in [1.54, 1.807) is 19.1 Å². The van der Waals surface area contributed by atoms with Crippen LogP contribution in [0.1, 0.15) is 35.6 Å². The smallest absolute Gasteiger partial charge is 0.335 e. The highest BCUT2D eigenvalue weighted by molar-refractivity contribution is 6.01. The first-order valence-corrected chi connectivity index (χ1v) is 9.27. The number of aliphatic imine (C=N–C) groups is 1. The maximum absolute atomic E-state index is 12.4. The Morgan fingerprint density at radius 1 is 1.11 bits per heavy atom. The van der Waals surface area contributed by atoms with Crippen molar-refractivity contribution in [3.05, 3.63) is 85.6 Å². The van der Waals surface area contributed by atoms with E-state index in [0.29, 0.717) is 11.4 Å². The Hall–Kier alpha value is -3.41. The molecule has 1 heterocycles. The summed E-state index contributed by atoms with van der Waals surface area (Å²) in [6, 6.07) is 13.2. The number of aromatic hydroxyl groups is 1. The van der Waals surface area contributed by atoms with Gasteiger partial charge in [0.15, 0.2) is 0 Å². The van der Waals surface area contributed by atoms with Crippen LogP contribution >= 0.6 is 0 Å². The highest BCUT2D eigenvalue weighted by Crippen LogP contribution is 2.27. The minimum absolute atomic E-state index is 0.0108. The number of H-pyrrole nitrogens is 1. The van der Waals surface area contributed by atoms with Crippen molar-refractivity contribution in [1.82, 2.24) is 9.55 Å². The molecule has 28 heavy (non-hydrogen) atoms. The molecule has 0 bridgehead atoms. The summed E-state index contributed by atoms with van der Waals surface area (Å²) >= 11 is 0. The van der Waals surface area contributed by atoms with Crippen molar-refractivity contribution in [1.29, 1.82) is 0 Å². The number of fused-ring (bicyclic) bond motifs is 1. The monoisotopic (exact) mass is 375 g/mol. The second-order valence-corrected chi connectivity index (χ2v) is 7.08. The number of benzene rings is 2. The van der Waals surface area contributed by atoms with Gasteiger partial charge in [0.05, 0.1) is 17.1 Å². The van der Waals surface area contributed by atoms with E-state index >= 15 is 0 Å². The van der Waals surface area contributed by atoms with Crippen LogP contribution in [0, 0.1) is 6.92 Å². The van der Waals surface area contributed by atoms with Gasteiger partial charge in [-0.05, 0) is 68.0 Å². The second kappa shape index (κ2) is 6.96. The zero-order valence-electron chi connectivity index (χ0n) is 15.8. The predicted octanol–water partition coefficient (Wildman–Crippen LogP) is 3.17. The number of aromatic nitrogens is 2. The number of hydrogen-bond donors (Lipinski definition) is 2. The van der Waals surface area contributed by atoms with Gasteiger partial charge in [0.25, 0.3) is 5.56 Å². The van der Waals surface area contributed by atoms with Crippen LogP contribution < -0.4 is 11.2 Å². The van der Waals surface area contributed by atoms with E-state index in [4.69, 9.17) is 0 Å². The van der Waals surface area contributed by atoms with Crippen LogP contribution in [0.3, 0.4) is 0 Å². The number of aromatic amines is 1. The maximum atomic E-state index is 12.4. The molecule has 142 valence electrons. The Morgan fingerprint density at radius 3 is 2.64 bits per heavy atom. The first-order valence-electron chi connectivity index (χ1n) is 9.27.